The standard InChI is InChI=1S/C21H23NO6/c1-14(22-24)15-9-10-19(26-3)20(11-15)28-12-16-7-5-6-8-17(16)18(13-25-2)21(23)27-4/h5-11,13,24H,12H2,1-4H3/b18-13-,22-14+. The van der Waals surface area contributed by atoms with E-state index < -0.39 is 5.97 Å². The lowest BCUT2D eigenvalue weighted by Crippen LogP contribution is -2.08. The largest absolute Gasteiger partial charge is 0.503 e. The molecule has 28 heavy (non-hydrogen) atoms. The van der Waals surface area contributed by atoms with Gasteiger partial charge >= 0.3 is 5.97 Å². The zero-order valence-corrected chi connectivity index (χ0v) is 16.3. The molecule has 0 aliphatic heterocycles. The Balaban J connectivity index is 2.36. The molecule has 0 aliphatic rings. The van der Waals surface area contributed by atoms with Crippen LogP contribution in [0.2, 0.25) is 0 Å². The minimum absolute atomic E-state index is 0.170. The van der Waals surface area contributed by atoms with Gasteiger partial charge in [0, 0.05) is 5.56 Å². The van der Waals surface area contributed by atoms with E-state index in [1.54, 1.807) is 38.3 Å². The zero-order chi connectivity index (χ0) is 20.5. The molecule has 0 saturated heterocycles. The number of methoxy groups -OCH3 is 3. The molecule has 0 saturated carbocycles. The molecule has 2 rings (SSSR count). The molecule has 0 radical (unpaired) electrons. The summed E-state index contributed by atoms with van der Waals surface area (Å²) in [5.74, 6) is 0.504. The average Bonchev–Trinajstić information content (AvgIpc) is 2.75. The monoisotopic (exact) mass is 385 g/mol. The summed E-state index contributed by atoms with van der Waals surface area (Å²) >= 11 is 0. The smallest absolute Gasteiger partial charge is 0.341 e. The van der Waals surface area contributed by atoms with Gasteiger partial charge in [-0.3, -0.25) is 0 Å². The Morgan fingerprint density at radius 3 is 2.50 bits per heavy atom. The summed E-state index contributed by atoms with van der Waals surface area (Å²) in [6, 6.07) is 12.5. The van der Waals surface area contributed by atoms with Gasteiger partial charge in [-0.15, -0.1) is 0 Å². The third kappa shape index (κ3) is 4.82. The van der Waals surface area contributed by atoms with Crippen molar-refractivity contribution in [2.45, 2.75) is 13.5 Å². The van der Waals surface area contributed by atoms with Crippen LogP contribution in [0.25, 0.3) is 5.57 Å². The third-order valence-electron chi connectivity index (χ3n) is 4.06. The summed E-state index contributed by atoms with van der Waals surface area (Å²) in [4.78, 5) is 12.1. The molecular formula is C21H23NO6. The van der Waals surface area contributed by atoms with Crippen molar-refractivity contribution in [3.05, 3.63) is 65.4 Å². The van der Waals surface area contributed by atoms with Crippen LogP contribution in [0, 0.1) is 0 Å². The van der Waals surface area contributed by atoms with Crippen LogP contribution < -0.4 is 9.47 Å². The minimum Gasteiger partial charge on any atom is -0.503 e. The van der Waals surface area contributed by atoms with Crippen molar-refractivity contribution in [2.24, 2.45) is 5.16 Å². The van der Waals surface area contributed by atoms with Crippen molar-refractivity contribution in [1.29, 1.82) is 0 Å². The van der Waals surface area contributed by atoms with E-state index in [-0.39, 0.29) is 12.2 Å². The van der Waals surface area contributed by atoms with Gasteiger partial charge in [0.1, 0.15) is 12.2 Å². The fraction of sp³-hybridized carbons (Fsp3) is 0.238. The van der Waals surface area contributed by atoms with E-state index >= 15 is 0 Å². The maximum atomic E-state index is 12.1. The Labute approximate surface area is 163 Å². The average molecular weight is 385 g/mol. The molecule has 7 nitrogen and oxygen atoms in total. The summed E-state index contributed by atoms with van der Waals surface area (Å²) < 4.78 is 21.2. The van der Waals surface area contributed by atoms with E-state index in [0.717, 1.165) is 5.56 Å². The molecule has 0 spiro atoms. The number of nitrogens with zero attached hydrogens (tertiary/aromatic N) is 1. The number of oxime groups is 1. The SMILES string of the molecule is CO/C=C(\C(=O)OC)c1ccccc1COc1cc(/C(C)=N/O)ccc1OC. The summed E-state index contributed by atoms with van der Waals surface area (Å²) in [5, 5.41) is 12.2. The van der Waals surface area contributed by atoms with Gasteiger partial charge in [0.25, 0.3) is 0 Å². The summed E-state index contributed by atoms with van der Waals surface area (Å²) in [6.07, 6.45) is 1.34. The van der Waals surface area contributed by atoms with Gasteiger partial charge in [0.05, 0.1) is 33.3 Å². The van der Waals surface area contributed by atoms with Gasteiger partial charge in [-0.2, -0.15) is 0 Å². The molecule has 0 unspecified atom stereocenters. The number of rotatable bonds is 8. The fourth-order valence-corrected chi connectivity index (χ4v) is 2.59. The first kappa shape index (κ1) is 20.8. The van der Waals surface area contributed by atoms with E-state index in [0.29, 0.717) is 28.3 Å². The van der Waals surface area contributed by atoms with Crippen LogP contribution in [0.4, 0.5) is 0 Å². The van der Waals surface area contributed by atoms with Crippen LogP contribution >= 0.6 is 0 Å². The van der Waals surface area contributed by atoms with E-state index in [2.05, 4.69) is 5.16 Å². The molecule has 0 atom stereocenters. The Morgan fingerprint density at radius 1 is 1.11 bits per heavy atom. The summed E-state index contributed by atoms with van der Waals surface area (Å²) in [6.45, 7) is 1.85. The lowest BCUT2D eigenvalue weighted by Gasteiger charge is -2.15. The number of carbonyl (C=O) groups is 1. The second kappa shape index (κ2) is 10.0. The Kier molecular flexibility index (Phi) is 7.45. The topological polar surface area (TPSA) is 86.6 Å². The van der Waals surface area contributed by atoms with Gasteiger partial charge in [-0.1, -0.05) is 29.4 Å². The molecule has 0 aromatic heterocycles. The highest BCUT2D eigenvalue weighted by Gasteiger charge is 2.17. The number of benzene rings is 2. The first-order valence-corrected chi connectivity index (χ1v) is 8.45. The Morgan fingerprint density at radius 2 is 1.86 bits per heavy atom. The third-order valence-corrected chi connectivity index (χ3v) is 4.06. The molecule has 0 aliphatic carbocycles. The molecule has 2 aromatic rings. The minimum atomic E-state index is -0.510. The quantitative estimate of drug-likeness (QED) is 0.186. The number of carbonyl (C=O) groups excluding carboxylic acids is 1. The van der Waals surface area contributed by atoms with Crippen LogP contribution in [-0.2, 0) is 20.9 Å². The molecule has 7 heteroatoms. The van der Waals surface area contributed by atoms with Gasteiger partial charge in [-0.25, -0.2) is 4.79 Å². The molecule has 1 N–H and O–H groups in total. The highest BCUT2D eigenvalue weighted by molar-refractivity contribution is 6.16. The molecular weight excluding hydrogens is 362 g/mol. The molecule has 0 fully saturated rings. The van der Waals surface area contributed by atoms with Crippen LogP contribution in [0.1, 0.15) is 23.6 Å². The van der Waals surface area contributed by atoms with Crippen LogP contribution in [0.5, 0.6) is 11.5 Å². The molecule has 2 aromatic carbocycles. The molecule has 0 amide bonds. The highest BCUT2D eigenvalue weighted by Crippen LogP contribution is 2.30. The second-order valence-corrected chi connectivity index (χ2v) is 5.76. The summed E-state index contributed by atoms with van der Waals surface area (Å²) in [5.41, 5.74) is 2.83. The van der Waals surface area contributed by atoms with Crippen molar-refractivity contribution in [3.8, 4) is 11.5 Å². The summed E-state index contributed by atoms with van der Waals surface area (Å²) in [7, 11) is 4.31. The van der Waals surface area contributed by atoms with Gasteiger partial charge in [-0.05, 0) is 36.2 Å². The van der Waals surface area contributed by atoms with Crippen molar-refractivity contribution in [3.63, 3.8) is 0 Å². The lowest BCUT2D eigenvalue weighted by atomic mass is 10.0. The van der Waals surface area contributed by atoms with Crippen LogP contribution in [0.15, 0.2) is 53.9 Å². The van der Waals surface area contributed by atoms with E-state index in [9.17, 15) is 4.79 Å². The van der Waals surface area contributed by atoms with Crippen molar-refractivity contribution < 1.29 is 28.9 Å². The Hall–Kier alpha value is -3.48. The number of hydrogen-bond acceptors (Lipinski definition) is 7. The first-order valence-electron chi connectivity index (χ1n) is 8.45. The van der Waals surface area contributed by atoms with E-state index in [1.807, 2.05) is 18.2 Å². The highest BCUT2D eigenvalue weighted by atomic mass is 16.5. The predicted molar refractivity (Wildman–Crippen MR) is 105 cm³/mol. The maximum Gasteiger partial charge on any atom is 0.341 e. The normalized spacial score (nSPS) is 11.7. The van der Waals surface area contributed by atoms with Crippen molar-refractivity contribution in [2.75, 3.05) is 21.3 Å². The first-order chi connectivity index (χ1) is 13.5. The van der Waals surface area contributed by atoms with Crippen molar-refractivity contribution >= 4 is 17.3 Å². The van der Waals surface area contributed by atoms with Gasteiger partial charge in [0.15, 0.2) is 11.5 Å². The number of ether oxygens (including phenoxy) is 4. The van der Waals surface area contributed by atoms with Gasteiger partial charge in [0.2, 0.25) is 0 Å². The van der Waals surface area contributed by atoms with Gasteiger partial charge < -0.3 is 24.2 Å². The lowest BCUT2D eigenvalue weighted by molar-refractivity contribution is -0.133. The second-order valence-electron chi connectivity index (χ2n) is 5.76. The maximum absolute atomic E-state index is 12.1. The molecule has 0 heterocycles. The van der Waals surface area contributed by atoms with Crippen LogP contribution in [-0.4, -0.2) is 38.2 Å². The molecule has 0 bridgehead atoms. The van der Waals surface area contributed by atoms with Crippen molar-refractivity contribution in [1.82, 2.24) is 0 Å². The Bertz CT molecular complexity index is 888. The predicted octanol–water partition coefficient (Wildman–Crippen LogP) is 3.63. The number of hydrogen-bond donors (Lipinski definition) is 1. The van der Waals surface area contributed by atoms with Crippen LogP contribution in [0.3, 0.4) is 0 Å². The zero-order valence-electron chi connectivity index (χ0n) is 16.3. The fourth-order valence-electron chi connectivity index (χ4n) is 2.59. The van der Waals surface area contributed by atoms with E-state index in [1.165, 1.54) is 20.5 Å². The number of esters is 1. The van der Waals surface area contributed by atoms with E-state index in [4.69, 9.17) is 24.2 Å². The molecule has 148 valence electrons.